The van der Waals surface area contributed by atoms with Crippen molar-refractivity contribution in [1.29, 1.82) is 0 Å². The van der Waals surface area contributed by atoms with Crippen LogP contribution in [0.1, 0.15) is 32.1 Å². The Morgan fingerprint density at radius 1 is 1.22 bits per heavy atom. The molecule has 0 amide bonds. The molecule has 0 saturated carbocycles. The average Bonchev–Trinajstić information content (AvgIpc) is 2.84. The normalized spacial score (nSPS) is 23.0. The van der Waals surface area contributed by atoms with Crippen molar-refractivity contribution in [2.45, 2.75) is 38.2 Å². The van der Waals surface area contributed by atoms with Gasteiger partial charge in [0.2, 0.25) is 5.95 Å². The summed E-state index contributed by atoms with van der Waals surface area (Å²) in [5, 5.41) is 9.69. The molecule has 6 heteroatoms. The highest BCUT2D eigenvalue weighted by atomic mass is 16.3. The molecule has 0 unspecified atom stereocenters. The first kappa shape index (κ1) is 16.5. The lowest BCUT2D eigenvalue weighted by molar-refractivity contribution is 0.198. The number of likely N-dealkylation sites (tertiary alicyclic amines) is 1. The lowest BCUT2D eigenvalue weighted by atomic mass is 10.2. The van der Waals surface area contributed by atoms with Crippen LogP contribution in [0.4, 0.5) is 11.8 Å². The van der Waals surface area contributed by atoms with E-state index in [1.54, 1.807) is 0 Å². The van der Waals surface area contributed by atoms with Crippen molar-refractivity contribution < 1.29 is 5.11 Å². The first-order chi connectivity index (χ1) is 11.2. The molecule has 1 aromatic heterocycles. The van der Waals surface area contributed by atoms with Gasteiger partial charge in [-0.2, -0.15) is 4.98 Å². The van der Waals surface area contributed by atoms with Crippen molar-refractivity contribution in [3.63, 3.8) is 0 Å². The van der Waals surface area contributed by atoms with Gasteiger partial charge in [0.1, 0.15) is 5.82 Å². The number of β-amino-alcohol motifs (C(OH)–C–C–N with tert-alkyl or cyclic N) is 1. The highest BCUT2D eigenvalue weighted by molar-refractivity contribution is 5.44. The Kier molecular flexibility index (Phi) is 5.67. The van der Waals surface area contributed by atoms with Crippen LogP contribution in [0.25, 0.3) is 0 Å². The van der Waals surface area contributed by atoms with Gasteiger partial charge in [-0.25, -0.2) is 4.98 Å². The molecule has 3 heterocycles. The van der Waals surface area contributed by atoms with Crippen LogP contribution in [0.3, 0.4) is 0 Å². The summed E-state index contributed by atoms with van der Waals surface area (Å²) in [6, 6.07) is 1.93. The number of nitrogens with zero attached hydrogens (tertiary/aromatic N) is 5. The van der Waals surface area contributed by atoms with Crippen molar-refractivity contribution >= 4 is 11.8 Å². The summed E-state index contributed by atoms with van der Waals surface area (Å²) in [5.41, 5.74) is 0. The lowest BCUT2D eigenvalue weighted by Gasteiger charge is -2.25. The van der Waals surface area contributed by atoms with E-state index in [9.17, 15) is 5.11 Å². The monoisotopic (exact) mass is 319 g/mol. The third kappa shape index (κ3) is 4.54. The molecule has 0 radical (unpaired) electrons. The van der Waals surface area contributed by atoms with Crippen LogP contribution >= 0.6 is 0 Å². The number of hydrogen-bond donors (Lipinski definition) is 1. The Morgan fingerprint density at radius 3 is 2.70 bits per heavy atom. The van der Waals surface area contributed by atoms with Gasteiger partial charge in [0.25, 0.3) is 0 Å². The molecule has 0 bridgehead atoms. The van der Waals surface area contributed by atoms with Crippen molar-refractivity contribution in [3.05, 3.63) is 12.3 Å². The number of likely N-dealkylation sites (N-methyl/N-ethyl adjacent to an activating group) is 1. The van der Waals surface area contributed by atoms with Crippen LogP contribution in [0, 0.1) is 0 Å². The van der Waals surface area contributed by atoms with Crippen LogP contribution in [-0.2, 0) is 0 Å². The highest BCUT2D eigenvalue weighted by Crippen LogP contribution is 2.19. The van der Waals surface area contributed by atoms with Crippen molar-refractivity contribution in [3.8, 4) is 0 Å². The average molecular weight is 319 g/mol. The smallest absolute Gasteiger partial charge is 0.227 e. The second kappa shape index (κ2) is 7.93. The molecule has 128 valence electrons. The van der Waals surface area contributed by atoms with E-state index in [1.807, 2.05) is 12.3 Å². The molecule has 0 aliphatic carbocycles. The molecule has 1 N–H and O–H groups in total. The number of hydrogen-bond acceptors (Lipinski definition) is 6. The van der Waals surface area contributed by atoms with E-state index in [-0.39, 0.29) is 6.10 Å². The van der Waals surface area contributed by atoms with Crippen molar-refractivity contribution in [2.75, 3.05) is 56.1 Å². The zero-order valence-electron chi connectivity index (χ0n) is 14.2. The predicted molar refractivity (Wildman–Crippen MR) is 93.0 cm³/mol. The quantitative estimate of drug-likeness (QED) is 0.884. The lowest BCUT2D eigenvalue weighted by Crippen LogP contribution is -2.34. The molecule has 0 spiro atoms. The number of aliphatic hydroxyl groups is 1. The number of rotatable bonds is 5. The molecule has 6 nitrogen and oxygen atoms in total. The van der Waals surface area contributed by atoms with Gasteiger partial charge in [-0.05, 0) is 38.4 Å². The summed E-state index contributed by atoms with van der Waals surface area (Å²) in [6.07, 6.45) is 7.82. The predicted octanol–water partition coefficient (Wildman–Crippen LogP) is 1.36. The van der Waals surface area contributed by atoms with Crippen molar-refractivity contribution in [2.24, 2.45) is 0 Å². The topological polar surface area (TPSA) is 55.7 Å². The Morgan fingerprint density at radius 2 is 2.00 bits per heavy atom. The van der Waals surface area contributed by atoms with Gasteiger partial charge in [-0.1, -0.05) is 12.8 Å². The minimum Gasteiger partial charge on any atom is -0.391 e. The Balaban J connectivity index is 1.55. The second-order valence-electron chi connectivity index (χ2n) is 6.78. The number of aliphatic hydroxyl groups excluding tert-OH is 1. The van der Waals surface area contributed by atoms with E-state index in [0.29, 0.717) is 6.54 Å². The zero-order chi connectivity index (χ0) is 16.1. The molecule has 0 aromatic carbocycles. The van der Waals surface area contributed by atoms with E-state index in [0.717, 1.165) is 37.8 Å². The third-order valence-corrected chi connectivity index (χ3v) is 4.91. The fourth-order valence-corrected chi connectivity index (χ4v) is 3.40. The minimum atomic E-state index is -0.228. The third-order valence-electron chi connectivity index (χ3n) is 4.91. The molecule has 3 rings (SSSR count). The van der Waals surface area contributed by atoms with Gasteiger partial charge < -0.3 is 19.8 Å². The summed E-state index contributed by atoms with van der Waals surface area (Å²) in [4.78, 5) is 15.9. The summed E-state index contributed by atoms with van der Waals surface area (Å²) in [6.45, 7) is 6.02. The number of anilines is 2. The molecule has 1 aromatic rings. The van der Waals surface area contributed by atoms with Crippen LogP contribution < -0.4 is 9.80 Å². The van der Waals surface area contributed by atoms with Gasteiger partial charge >= 0.3 is 0 Å². The fourth-order valence-electron chi connectivity index (χ4n) is 3.40. The van der Waals surface area contributed by atoms with Gasteiger partial charge in [0.15, 0.2) is 0 Å². The second-order valence-corrected chi connectivity index (χ2v) is 6.78. The van der Waals surface area contributed by atoms with E-state index >= 15 is 0 Å². The maximum absolute atomic E-state index is 9.69. The SMILES string of the molecule is CN(CCN1CCCCCC1)c1nccc(N2CC[C@@H](O)C2)n1. The first-order valence-electron chi connectivity index (χ1n) is 8.92. The van der Waals surface area contributed by atoms with Crippen molar-refractivity contribution in [1.82, 2.24) is 14.9 Å². The van der Waals surface area contributed by atoms with Gasteiger partial charge in [-0.15, -0.1) is 0 Å². The van der Waals surface area contributed by atoms with E-state index in [4.69, 9.17) is 0 Å². The van der Waals surface area contributed by atoms with Gasteiger partial charge in [0, 0.05) is 39.4 Å². The highest BCUT2D eigenvalue weighted by Gasteiger charge is 2.22. The van der Waals surface area contributed by atoms with Gasteiger partial charge in [0.05, 0.1) is 6.10 Å². The Labute approximate surface area is 139 Å². The van der Waals surface area contributed by atoms with Gasteiger partial charge in [-0.3, -0.25) is 0 Å². The summed E-state index contributed by atoms with van der Waals surface area (Å²) in [7, 11) is 2.07. The van der Waals surface area contributed by atoms with Crippen LogP contribution in [0.5, 0.6) is 0 Å². The molecule has 2 fully saturated rings. The molecule has 1 atom stereocenters. The summed E-state index contributed by atoms with van der Waals surface area (Å²) < 4.78 is 0. The van der Waals surface area contributed by atoms with E-state index in [2.05, 4.69) is 31.7 Å². The summed E-state index contributed by atoms with van der Waals surface area (Å²) >= 11 is 0. The summed E-state index contributed by atoms with van der Waals surface area (Å²) in [5.74, 6) is 1.70. The standard InChI is InChI=1S/C17H29N5O/c1-20(12-13-21-9-4-2-3-5-10-21)17-18-8-6-16(19-17)22-11-7-15(23)14-22/h6,8,15,23H,2-5,7,9-14H2,1H3/t15-/m1/s1. The molecule has 2 saturated heterocycles. The Hall–Kier alpha value is -1.40. The zero-order valence-corrected chi connectivity index (χ0v) is 14.2. The largest absolute Gasteiger partial charge is 0.391 e. The maximum atomic E-state index is 9.69. The number of aromatic nitrogens is 2. The minimum absolute atomic E-state index is 0.228. The van der Waals surface area contributed by atoms with Crippen LogP contribution in [0.15, 0.2) is 12.3 Å². The van der Waals surface area contributed by atoms with E-state index < -0.39 is 0 Å². The molecule has 2 aliphatic rings. The van der Waals surface area contributed by atoms with E-state index in [1.165, 1.54) is 38.8 Å². The Bertz CT molecular complexity index is 490. The molecular formula is C17H29N5O. The molecular weight excluding hydrogens is 290 g/mol. The van der Waals surface area contributed by atoms with Crippen LogP contribution in [-0.4, -0.2) is 72.4 Å². The molecule has 23 heavy (non-hydrogen) atoms. The fraction of sp³-hybridized carbons (Fsp3) is 0.765. The molecule has 2 aliphatic heterocycles. The van der Waals surface area contributed by atoms with Crippen LogP contribution in [0.2, 0.25) is 0 Å². The maximum Gasteiger partial charge on any atom is 0.227 e. The first-order valence-corrected chi connectivity index (χ1v) is 8.92.